The smallest absolute Gasteiger partial charge is 0.222 e. The van der Waals surface area contributed by atoms with Crippen LogP contribution in [-0.4, -0.2) is 35.1 Å². The van der Waals surface area contributed by atoms with E-state index in [9.17, 15) is 9.90 Å². The SMILES string of the molecule is CC(CC(=O)N(C)CC(C)(C)O)Cc1ccc(Cl)cc1. The highest BCUT2D eigenvalue weighted by Crippen LogP contribution is 2.16. The molecule has 20 heavy (non-hydrogen) atoms. The first kappa shape index (κ1) is 17.0. The van der Waals surface area contributed by atoms with E-state index < -0.39 is 5.60 Å². The molecule has 0 heterocycles. The van der Waals surface area contributed by atoms with Gasteiger partial charge in [0.25, 0.3) is 0 Å². The van der Waals surface area contributed by atoms with Gasteiger partial charge >= 0.3 is 0 Å². The first-order chi connectivity index (χ1) is 9.17. The lowest BCUT2D eigenvalue weighted by Crippen LogP contribution is -2.40. The molecule has 0 aromatic heterocycles. The molecule has 0 radical (unpaired) electrons. The van der Waals surface area contributed by atoms with Gasteiger partial charge < -0.3 is 10.0 Å². The number of amides is 1. The number of carbonyl (C=O) groups is 1. The Hall–Kier alpha value is -1.06. The van der Waals surface area contributed by atoms with E-state index in [-0.39, 0.29) is 11.8 Å². The highest BCUT2D eigenvalue weighted by molar-refractivity contribution is 6.30. The average molecular weight is 298 g/mol. The third kappa shape index (κ3) is 6.40. The molecule has 1 N–H and O–H groups in total. The summed E-state index contributed by atoms with van der Waals surface area (Å²) in [6.07, 6.45) is 1.33. The molecule has 0 aliphatic heterocycles. The van der Waals surface area contributed by atoms with Crippen molar-refractivity contribution in [2.75, 3.05) is 13.6 Å². The van der Waals surface area contributed by atoms with Crippen LogP contribution in [0.15, 0.2) is 24.3 Å². The van der Waals surface area contributed by atoms with Gasteiger partial charge in [0.15, 0.2) is 0 Å². The molecule has 0 spiro atoms. The molecular formula is C16H24ClNO2. The van der Waals surface area contributed by atoms with Gasteiger partial charge in [-0.2, -0.15) is 0 Å². The van der Waals surface area contributed by atoms with Crippen LogP contribution < -0.4 is 0 Å². The van der Waals surface area contributed by atoms with Crippen LogP contribution in [-0.2, 0) is 11.2 Å². The fourth-order valence-electron chi connectivity index (χ4n) is 2.22. The van der Waals surface area contributed by atoms with Crippen LogP contribution in [0.5, 0.6) is 0 Å². The van der Waals surface area contributed by atoms with Crippen molar-refractivity contribution in [2.24, 2.45) is 5.92 Å². The molecule has 1 rings (SSSR count). The van der Waals surface area contributed by atoms with E-state index in [1.807, 2.05) is 24.3 Å². The van der Waals surface area contributed by atoms with Crippen LogP contribution >= 0.6 is 11.6 Å². The van der Waals surface area contributed by atoms with Crippen LogP contribution in [0.25, 0.3) is 0 Å². The molecule has 0 bridgehead atoms. The summed E-state index contributed by atoms with van der Waals surface area (Å²) >= 11 is 5.85. The van der Waals surface area contributed by atoms with Crippen molar-refractivity contribution in [1.29, 1.82) is 0 Å². The number of nitrogens with zero attached hydrogens (tertiary/aromatic N) is 1. The van der Waals surface area contributed by atoms with Crippen molar-refractivity contribution in [3.63, 3.8) is 0 Å². The number of benzene rings is 1. The second-order valence-corrected chi connectivity index (χ2v) is 6.64. The summed E-state index contributed by atoms with van der Waals surface area (Å²) in [6, 6.07) is 7.71. The van der Waals surface area contributed by atoms with Crippen LogP contribution in [0.4, 0.5) is 0 Å². The molecule has 1 aromatic carbocycles. The van der Waals surface area contributed by atoms with E-state index in [1.54, 1.807) is 25.8 Å². The molecule has 112 valence electrons. The van der Waals surface area contributed by atoms with Crippen molar-refractivity contribution in [3.05, 3.63) is 34.9 Å². The van der Waals surface area contributed by atoms with Crippen molar-refractivity contribution in [3.8, 4) is 0 Å². The van der Waals surface area contributed by atoms with Gasteiger partial charge in [-0.3, -0.25) is 4.79 Å². The molecule has 0 fully saturated rings. The predicted octanol–water partition coefficient (Wildman–Crippen LogP) is 3.14. The topological polar surface area (TPSA) is 40.5 Å². The molecule has 1 amide bonds. The number of carbonyl (C=O) groups excluding carboxylic acids is 1. The van der Waals surface area contributed by atoms with Crippen LogP contribution in [0.3, 0.4) is 0 Å². The summed E-state index contributed by atoms with van der Waals surface area (Å²) in [7, 11) is 1.73. The number of hydrogen-bond donors (Lipinski definition) is 1. The van der Waals surface area contributed by atoms with Gasteiger partial charge in [0, 0.05) is 25.0 Å². The lowest BCUT2D eigenvalue weighted by atomic mass is 9.97. The van der Waals surface area contributed by atoms with E-state index >= 15 is 0 Å². The second-order valence-electron chi connectivity index (χ2n) is 6.20. The van der Waals surface area contributed by atoms with Crippen LogP contribution in [0.2, 0.25) is 5.02 Å². The normalized spacial score (nSPS) is 13.1. The van der Waals surface area contributed by atoms with E-state index in [0.29, 0.717) is 13.0 Å². The Kier molecular flexibility index (Phi) is 6.03. The Balaban J connectivity index is 2.47. The van der Waals surface area contributed by atoms with E-state index in [2.05, 4.69) is 6.92 Å². The summed E-state index contributed by atoms with van der Waals surface area (Å²) in [4.78, 5) is 13.7. The van der Waals surface area contributed by atoms with Gasteiger partial charge in [0.1, 0.15) is 0 Å². The van der Waals surface area contributed by atoms with Crippen LogP contribution in [0, 0.1) is 5.92 Å². The van der Waals surface area contributed by atoms with Gasteiger partial charge in [-0.25, -0.2) is 0 Å². The maximum atomic E-state index is 12.1. The molecular weight excluding hydrogens is 274 g/mol. The molecule has 1 aromatic rings. The number of aliphatic hydroxyl groups is 1. The maximum absolute atomic E-state index is 12.1. The zero-order valence-electron chi connectivity index (χ0n) is 12.7. The molecule has 0 aliphatic rings. The first-order valence-electron chi connectivity index (χ1n) is 6.88. The Morgan fingerprint density at radius 2 is 1.90 bits per heavy atom. The highest BCUT2D eigenvalue weighted by atomic mass is 35.5. The van der Waals surface area contributed by atoms with Gasteiger partial charge in [-0.15, -0.1) is 0 Å². The number of likely N-dealkylation sites (N-methyl/N-ethyl adjacent to an activating group) is 1. The fourth-order valence-corrected chi connectivity index (χ4v) is 2.34. The van der Waals surface area contributed by atoms with E-state index in [4.69, 9.17) is 11.6 Å². The number of rotatable bonds is 6. The van der Waals surface area contributed by atoms with Crippen molar-refractivity contribution in [1.82, 2.24) is 4.90 Å². The Morgan fingerprint density at radius 3 is 2.40 bits per heavy atom. The molecule has 1 unspecified atom stereocenters. The van der Waals surface area contributed by atoms with Crippen molar-refractivity contribution in [2.45, 2.75) is 39.2 Å². The summed E-state index contributed by atoms with van der Waals surface area (Å²) in [5.41, 5.74) is 0.323. The molecule has 0 saturated carbocycles. The largest absolute Gasteiger partial charge is 0.389 e. The van der Waals surface area contributed by atoms with E-state index in [0.717, 1.165) is 11.4 Å². The van der Waals surface area contributed by atoms with Gasteiger partial charge in [0.05, 0.1) is 5.60 Å². The zero-order valence-corrected chi connectivity index (χ0v) is 13.4. The summed E-state index contributed by atoms with van der Waals surface area (Å²) < 4.78 is 0. The third-order valence-electron chi connectivity index (χ3n) is 3.07. The predicted molar refractivity (Wildman–Crippen MR) is 82.9 cm³/mol. The molecule has 0 saturated heterocycles. The highest BCUT2D eigenvalue weighted by Gasteiger charge is 2.20. The molecule has 1 atom stereocenters. The van der Waals surface area contributed by atoms with Crippen LogP contribution in [0.1, 0.15) is 32.8 Å². The standard InChI is InChI=1S/C16H24ClNO2/c1-12(9-13-5-7-14(17)8-6-13)10-15(19)18(4)11-16(2,3)20/h5-8,12,20H,9-11H2,1-4H3. The minimum atomic E-state index is -0.857. The molecule has 3 nitrogen and oxygen atoms in total. The Bertz CT molecular complexity index is 437. The quantitative estimate of drug-likeness (QED) is 0.876. The monoisotopic (exact) mass is 297 g/mol. The van der Waals surface area contributed by atoms with Gasteiger partial charge in [-0.1, -0.05) is 30.7 Å². The Morgan fingerprint density at radius 1 is 1.35 bits per heavy atom. The second kappa shape index (κ2) is 7.09. The molecule has 0 aliphatic carbocycles. The van der Waals surface area contributed by atoms with Crippen molar-refractivity contribution >= 4 is 17.5 Å². The fraction of sp³-hybridized carbons (Fsp3) is 0.562. The third-order valence-corrected chi connectivity index (χ3v) is 3.32. The first-order valence-corrected chi connectivity index (χ1v) is 7.26. The van der Waals surface area contributed by atoms with Gasteiger partial charge in [0.2, 0.25) is 5.91 Å². The van der Waals surface area contributed by atoms with E-state index in [1.165, 1.54) is 5.56 Å². The number of hydrogen-bond acceptors (Lipinski definition) is 2. The zero-order chi connectivity index (χ0) is 15.3. The lowest BCUT2D eigenvalue weighted by molar-refractivity contribution is -0.133. The van der Waals surface area contributed by atoms with Crippen molar-refractivity contribution < 1.29 is 9.90 Å². The lowest BCUT2D eigenvalue weighted by Gasteiger charge is -2.26. The summed E-state index contributed by atoms with van der Waals surface area (Å²) in [5, 5.41) is 10.5. The number of halogens is 1. The molecule has 4 heteroatoms. The summed E-state index contributed by atoms with van der Waals surface area (Å²) in [6.45, 7) is 5.81. The average Bonchev–Trinajstić information content (AvgIpc) is 2.29. The maximum Gasteiger partial charge on any atom is 0.222 e. The summed E-state index contributed by atoms with van der Waals surface area (Å²) in [5.74, 6) is 0.321. The van der Waals surface area contributed by atoms with Gasteiger partial charge in [-0.05, 0) is 43.9 Å². The minimum absolute atomic E-state index is 0.0635. The minimum Gasteiger partial charge on any atom is -0.389 e. The Labute approximate surface area is 126 Å².